The predicted octanol–water partition coefficient (Wildman–Crippen LogP) is 2.89. The Bertz CT molecular complexity index is 443. The van der Waals surface area contributed by atoms with E-state index in [0.717, 1.165) is 16.8 Å². The number of aryl methyl sites for hydroxylation is 2. The normalized spacial score (nSPS) is 21.3. The second-order valence-electron chi connectivity index (χ2n) is 5.18. The van der Waals surface area contributed by atoms with Crippen LogP contribution in [0.2, 0.25) is 0 Å². The van der Waals surface area contributed by atoms with Gasteiger partial charge in [0.05, 0.1) is 5.92 Å². The number of anilines is 1. The molecule has 0 aromatic heterocycles. The van der Waals surface area contributed by atoms with E-state index in [4.69, 9.17) is 0 Å². The Hall–Kier alpha value is -1.23. The second-order valence-corrected chi connectivity index (χ2v) is 5.18. The number of alkyl halides is 3. The van der Waals surface area contributed by atoms with Gasteiger partial charge in [-0.1, -0.05) is 12.1 Å². The molecule has 0 radical (unpaired) electrons. The molecule has 1 aliphatic heterocycles. The van der Waals surface area contributed by atoms with E-state index in [-0.39, 0.29) is 13.1 Å². The SMILES string of the molecule is Cc1ccc(C)c(N2CCNCC(C(F)(F)F)C2)c1. The Morgan fingerprint density at radius 1 is 1.26 bits per heavy atom. The standard InChI is InChI=1S/C14H19F3N2/c1-10-3-4-11(2)13(7-10)19-6-5-18-8-12(9-19)14(15,16)17/h3-4,7,12,18H,5-6,8-9H2,1-2H3. The first-order valence-electron chi connectivity index (χ1n) is 6.47. The molecular weight excluding hydrogens is 253 g/mol. The number of rotatable bonds is 1. The Labute approximate surface area is 111 Å². The zero-order chi connectivity index (χ0) is 14.0. The Balaban J connectivity index is 2.25. The van der Waals surface area contributed by atoms with Crippen LogP contribution >= 0.6 is 0 Å². The Morgan fingerprint density at radius 2 is 2.00 bits per heavy atom. The summed E-state index contributed by atoms with van der Waals surface area (Å²) in [6, 6.07) is 5.91. The van der Waals surface area contributed by atoms with Crippen LogP contribution in [-0.2, 0) is 0 Å². The molecule has 0 spiro atoms. The summed E-state index contributed by atoms with van der Waals surface area (Å²) >= 11 is 0. The molecule has 2 nitrogen and oxygen atoms in total. The molecule has 5 heteroatoms. The van der Waals surface area contributed by atoms with Crippen LogP contribution in [0.4, 0.5) is 18.9 Å². The van der Waals surface area contributed by atoms with E-state index in [9.17, 15) is 13.2 Å². The van der Waals surface area contributed by atoms with E-state index in [2.05, 4.69) is 5.32 Å². The van der Waals surface area contributed by atoms with Crippen molar-refractivity contribution in [2.24, 2.45) is 5.92 Å². The maximum absolute atomic E-state index is 12.9. The summed E-state index contributed by atoms with van der Waals surface area (Å²) < 4.78 is 38.8. The van der Waals surface area contributed by atoms with Crippen LogP contribution in [0, 0.1) is 19.8 Å². The van der Waals surface area contributed by atoms with Crippen LogP contribution in [0.25, 0.3) is 0 Å². The topological polar surface area (TPSA) is 15.3 Å². The highest BCUT2D eigenvalue weighted by molar-refractivity contribution is 5.55. The van der Waals surface area contributed by atoms with Gasteiger partial charge in [-0.15, -0.1) is 0 Å². The minimum absolute atomic E-state index is 0.00482. The van der Waals surface area contributed by atoms with Gasteiger partial charge in [0.15, 0.2) is 0 Å². The molecule has 106 valence electrons. The van der Waals surface area contributed by atoms with Crippen molar-refractivity contribution in [3.8, 4) is 0 Å². The lowest BCUT2D eigenvalue weighted by atomic mass is 10.1. The highest BCUT2D eigenvalue weighted by Crippen LogP contribution is 2.30. The van der Waals surface area contributed by atoms with Crippen LogP contribution in [0.1, 0.15) is 11.1 Å². The van der Waals surface area contributed by atoms with E-state index < -0.39 is 12.1 Å². The maximum atomic E-state index is 12.9. The average molecular weight is 272 g/mol. The van der Waals surface area contributed by atoms with E-state index in [1.165, 1.54) is 0 Å². The van der Waals surface area contributed by atoms with Crippen molar-refractivity contribution in [2.45, 2.75) is 20.0 Å². The summed E-state index contributed by atoms with van der Waals surface area (Å²) in [7, 11) is 0. The lowest BCUT2D eigenvalue weighted by Gasteiger charge is -2.28. The summed E-state index contributed by atoms with van der Waals surface area (Å²) in [4.78, 5) is 1.85. The van der Waals surface area contributed by atoms with Gasteiger partial charge in [0, 0.05) is 31.9 Å². The van der Waals surface area contributed by atoms with Gasteiger partial charge in [0.1, 0.15) is 0 Å². The average Bonchev–Trinajstić information content (AvgIpc) is 2.57. The largest absolute Gasteiger partial charge is 0.394 e. The summed E-state index contributed by atoms with van der Waals surface area (Å²) in [5, 5.41) is 2.88. The maximum Gasteiger partial charge on any atom is 0.394 e. The number of nitrogens with zero attached hydrogens (tertiary/aromatic N) is 1. The number of nitrogens with one attached hydrogen (secondary N) is 1. The van der Waals surface area contributed by atoms with Gasteiger partial charge in [0.25, 0.3) is 0 Å². The highest BCUT2D eigenvalue weighted by Gasteiger charge is 2.41. The molecule has 1 N–H and O–H groups in total. The lowest BCUT2D eigenvalue weighted by Crippen LogP contribution is -2.38. The van der Waals surface area contributed by atoms with E-state index in [0.29, 0.717) is 13.1 Å². The Morgan fingerprint density at radius 3 is 2.68 bits per heavy atom. The van der Waals surface area contributed by atoms with Gasteiger partial charge in [0.2, 0.25) is 0 Å². The molecule has 1 atom stereocenters. The molecule has 1 aromatic rings. The molecule has 1 aliphatic rings. The molecule has 0 aliphatic carbocycles. The third kappa shape index (κ3) is 3.41. The van der Waals surface area contributed by atoms with Gasteiger partial charge in [-0.3, -0.25) is 0 Å². The quantitative estimate of drug-likeness (QED) is 0.845. The first-order chi connectivity index (χ1) is 8.88. The molecule has 19 heavy (non-hydrogen) atoms. The van der Waals surface area contributed by atoms with Gasteiger partial charge >= 0.3 is 6.18 Å². The fraction of sp³-hybridized carbons (Fsp3) is 0.571. The fourth-order valence-corrected chi connectivity index (χ4v) is 2.41. The summed E-state index contributed by atoms with van der Waals surface area (Å²) in [6.07, 6.45) is -4.15. The molecule has 0 bridgehead atoms. The molecule has 1 aromatic carbocycles. The van der Waals surface area contributed by atoms with Crippen molar-refractivity contribution in [3.63, 3.8) is 0 Å². The molecule has 1 unspecified atom stereocenters. The first kappa shape index (κ1) is 14.2. The van der Waals surface area contributed by atoms with Crippen molar-refractivity contribution in [3.05, 3.63) is 29.3 Å². The third-order valence-corrected chi connectivity index (χ3v) is 3.56. The number of benzene rings is 1. The van der Waals surface area contributed by atoms with E-state index >= 15 is 0 Å². The number of hydrogen-bond acceptors (Lipinski definition) is 2. The zero-order valence-corrected chi connectivity index (χ0v) is 11.2. The monoisotopic (exact) mass is 272 g/mol. The molecule has 1 fully saturated rings. The summed E-state index contributed by atoms with van der Waals surface area (Å²) in [5.41, 5.74) is 3.01. The van der Waals surface area contributed by atoms with Crippen LogP contribution in [0.3, 0.4) is 0 Å². The van der Waals surface area contributed by atoms with Crippen molar-refractivity contribution in [1.82, 2.24) is 5.32 Å². The zero-order valence-electron chi connectivity index (χ0n) is 11.2. The van der Waals surface area contributed by atoms with Gasteiger partial charge in [-0.05, 0) is 31.0 Å². The van der Waals surface area contributed by atoms with Crippen molar-refractivity contribution < 1.29 is 13.2 Å². The number of halogens is 3. The van der Waals surface area contributed by atoms with Crippen molar-refractivity contribution in [1.29, 1.82) is 0 Å². The molecular formula is C14H19F3N2. The minimum Gasteiger partial charge on any atom is -0.369 e. The van der Waals surface area contributed by atoms with Crippen LogP contribution < -0.4 is 10.2 Å². The minimum atomic E-state index is -4.15. The second kappa shape index (κ2) is 5.41. The molecule has 2 rings (SSSR count). The molecule has 0 saturated carbocycles. The van der Waals surface area contributed by atoms with Gasteiger partial charge < -0.3 is 10.2 Å². The molecule has 1 saturated heterocycles. The van der Waals surface area contributed by atoms with Crippen molar-refractivity contribution >= 4 is 5.69 Å². The van der Waals surface area contributed by atoms with Crippen molar-refractivity contribution in [2.75, 3.05) is 31.1 Å². The molecule has 1 heterocycles. The highest BCUT2D eigenvalue weighted by atomic mass is 19.4. The Kier molecular flexibility index (Phi) is 4.04. The van der Waals surface area contributed by atoms with Crippen LogP contribution in [0.5, 0.6) is 0 Å². The van der Waals surface area contributed by atoms with Crippen LogP contribution in [0.15, 0.2) is 18.2 Å². The smallest absolute Gasteiger partial charge is 0.369 e. The number of hydrogen-bond donors (Lipinski definition) is 1. The lowest BCUT2D eigenvalue weighted by molar-refractivity contribution is -0.169. The first-order valence-corrected chi connectivity index (χ1v) is 6.47. The van der Waals surface area contributed by atoms with E-state index in [1.807, 2.05) is 36.9 Å². The van der Waals surface area contributed by atoms with Gasteiger partial charge in [-0.25, -0.2) is 0 Å². The van der Waals surface area contributed by atoms with E-state index in [1.54, 1.807) is 0 Å². The fourth-order valence-electron chi connectivity index (χ4n) is 2.41. The summed E-state index contributed by atoms with van der Waals surface area (Å²) in [6.45, 7) is 5.12. The summed E-state index contributed by atoms with van der Waals surface area (Å²) in [5.74, 6) is -1.31. The van der Waals surface area contributed by atoms with Crippen LogP contribution in [-0.4, -0.2) is 32.4 Å². The predicted molar refractivity (Wildman–Crippen MR) is 70.5 cm³/mol. The molecule has 0 amide bonds. The van der Waals surface area contributed by atoms with Gasteiger partial charge in [-0.2, -0.15) is 13.2 Å². The third-order valence-electron chi connectivity index (χ3n) is 3.56.